The first-order valence-corrected chi connectivity index (χ1v) is 3.05. The van der Waals surface area contributed by atoms with Crippen LogP contribution in [0.2, 0.25) is 0 Å². The first-order valence-electron chi connectivity index (χ1n) is 3.05. The van der Waals surface area contributed by atoms with Crippen molar-refractivity contribution in [2.24, 2.45) is 0 Å². The van der Waals surface area contributed by atoms with Crippen molar-refractivity contribution in [2.45, 2.75) is 20.0 Å². The molecule has 0 rings (SSSR count). The molecule has 1 unspecified atom stereocenters. The van der Waals surface area contributed by atoms with Crippen LogP contribution in [0.15, 0.2) is 12.2 Å². The van der Waals surface area contributed by atoms with Gasteiger partial charge >= 0.3 is 5.97 Å². The molecule has 58 valence electrons. The molecular weight excluding hydrogens is 132 g/mol. The third-order valence-corrected chi connectivity index (χ3v) is 0.914. The van der Waals surface area contributed by atoms with Crippen LogP contribution in [-0.4, -0.2) is 23.8 Å². The molecule has 1 N–H and O–H groups in total. The Kier molecular flexibility index (Phi) is 3.72. The van der Waals surface area contributed by atoms with Gasteiger partial charge in [-0.05, 0) is 13.8 Å². The zero-order valence-electron chi connectivity index (χ0n) is 6.26. The van der Waals surface area contributed by atoms with Gasteiger partial charge in [0.15, 0.2) is 0 Å². The van der Waals surface area contributed by atoms with E-state index in [-0.39, 0.29) is 6.61 Å². The average molecular weight is 144 g/mol. The van der Waals surface area contributed by atoms with Crippen LogP contribution in [0.1, 0.15) is 13.8 Å². The van der Waals surface area contributed by atoms with Crippen LogP contribution in [0.4, 0.5) is 0 Å². The zero-order valence-corrected chi connectivity index (χ0v) is 6.26. The highest BCUT2D eigenvalue weighted by Crippen LogP contribution is 1.96. The molecule has 0 aliphatic heterocycles. The van der Waals surface area contributed by atoms with Crippen molar-refractivity contribution in [1.29, 1.82) is 0 Å². The Morgan fingerprint density at radius 1 is 1.80 bits per heavy atom. The number of aliphatic hydroxyl groups is 1. The minimum absolute atomic E-state index is 0.154. The van der Waals surface area contributed by atoms with Gasteiger partial charge in [-0.1, -0.05) is 6.58 Å². The fourth-order valence-electron chi connectivity index (χ4n) is 0.321. The second kappa shape index (κ2) is 4.06. The highest BCUT2D eigenvalue weighted by Gasteiger charge is 2.07. The van der Waals surface area contributed by atoms with Crippen molar-refractivity contribution in [3.8, 4) is 0 Å². The summed E-state index contributed by atoms with van der Waals surface area (Å²) in [6.45, 7) is 6.41. The molecule has 3 heteroatoms. The predicted molar refractivity (Wildman–Crippen MR) is 37.5 cm³/mol. The standard InChI is InChI=1S/C7H12O3/c1-5(2)7(9)10-6(3)4-8/h6,8H,1,4H2,2-3H3. The molecule has 0 aromatic carbocycles. The van der Waals surface area contributed by atoms with Gasteiger partial charge in [-0.3, -0.25) is 0 Å². The van der Waals surface area contributed by atoms with Crippen LogP contribution < -0.4 is 0 Å². The number of aliphatic hydroxyl groups excluding tert-OH is 1. The van der Waals surface area contributed by atoms with Crippen molar-refractivity contribution >= 4 is 5.97 Å². The first kappa shape index (κ1) is 9.17. The maximum Gasteiger partial charge on any atom is 0.333 e. The van der Waals surface area contributed by atoms with Crippen molar-refractivity contribution in [1.82, 2.24) is 0 Å². The Morgan fingerprint density at radius 2 is 2.30 bits per heavy atom. The number of hydrogen-bond donors (Lipinski definition) is 1. The molecule has 0 aliphatic rings. The molecule has 1 atom stereocenters. The maximum atomic E-state index is 10.7. The Balaban J connectivity index is 3.68. The molecule has 0 radical (unpaired) electrons. The number of hydrogen-bond acceptors (Lipinski definition) is 3. The number of ether oxygens (including phenoxy) is 1. The summed E-state index contributed by atoms with van der Waals surface area (Å²) in [6.07, 6.45) is -0.441. The molecular formula is C7H12O3. The molecule has 0 spiro atoms. The monoisotopic (exact) mass is 144 g/mol. The van der Waals surface area contributed by atoms with Gasteiger partial charge in [0.1, 0.15) is 6.10 Å². The van der Waals surface area contributed by atoms with Gasteiger partial charge in [-0.2, -0.15) is 0 Å². The lowest BCUT2D eigenvalue weighted by Gasteiger charge is -2.08. The van der Waals surface area contributed by atoms with Crippen molar-refractivity contribution in [3.05, 3.63) is 12.2 Å². The lowest BCUT2D eigenvalue weighted by molar-refractivity contribution is -0.145. The molecule has 0 aromatic rings. The number of carbonyl (C=O) groups excluding carboxylic acids is 1. The quantitative estimate of drug-likeness (QED) is 0.463. The van der Waals surface area contributed by atoms with Gasteiger partial charge < -0.3 is 9.84 Å². The van der Waals surface area contributed by atoms with Gasteiger partial charge in [-0.15, -0.1) is 0 Å². The third-order valence-electron chi connectivity index (χ3n) is 0.914. The molecule has 0 amide bonds. The molecule has 0 aromatic heterocycles. The summed E-state index contributed by atoms with van der Waals surface area (Å²) < 4.78 is 4.67. The molecule has 10 heavy (non-hydrogen) atoms. The lowest BCUT2D eigenvalue weighted by Crippen LogP contribution is -2.18. The van der Waals surface area contributed by atoms with Gasteiger partial charge in [0.2, 0.25) is 0 Å². The molecule has 3 nitrogen and oxygen atoms in total. The summed E-state index contributed by atoms with van der Waals surface area (Å²) in [6, 6.07) is 0. The summed E-state index contributed by atoms with van der Waals surface area (Å²) >= 11 is 0. The van der Waals surface area contributed by atoms with Crippen molar-refractivity contribution in [3.63, 3.8) is 0 Å². The van der Waals surface area contributed by atoms with E-state index in [1.807, 2.05) is 0 Å². The van der Waals surface area contributed by atoms with Crippen LogP contribution in [0, 0.1) is 0 Å². The number of esters is 1. The summed E-state index contributed by atoms with van der Waals surface area (Å²) in [7, 11) is 0. The van der Waals surface area contributed by atoms with Gasteiger partial charge in [0.25, 0.3) is 0 Å². The van der Waals surface area contributed by atoms with Gasteiger partial charge in [0.05, 0.1) is 6.61 Å². The van der Waals surface area contributed by atoms with E-state index in [4.69, 9.17) is 5.11 Å². The van der Waals surface area contributed by atoms with E-state index in [1.165, 1.54) is 0 Å². The fraction of sp³-hybridized carbons (Fsp3) is 0.571. The SMILES string of the molecule is C=C(C)C(=O)OC(C)CO. The van der Waals surface area contributed by atoms with E-state index < -0.39 is 12.1 Å². The van der Waals surface area contributed by atoms with Crippen molar-refractivity contribution < 1.29 is 14.6 Å². The molecule has 0 saturated heterocycles. The van der Waals surface area contributed by atoms with E-state index in [0.29, 0.717) is 5.57 Å². The second-order valence-corrected chi connectivity index (χ2v) is 2.18. The number of rotatable bonds is 3. The van der Waals surface area contributed by atoms with Crippen LogP contribution in [-0.2, 0) is 9.53 Å². The molecule has 0 saturated carbocycles. The molecule has 0 fully saturated rings. The topological polar surface area (TPSA) is 46.5 Å². The average Bonchev–Trinajstić information content (AvgIpc) is 1.87. The molecule has 0 aliphatic carbocycles. The number of carbonyl (C=O) groups is 1. The summed E-state index contributed by atoms with van der Waals surface area (Å²) in [5, 5.41) is 8.46. The van der Waals surface area contributed by atoms with Gasteiger partial charge in [0, 0.05) is 5.57 Å². The first-order chi connectivity index (χ1) is 4.57. The Bertz CT molecular complexity index is 140. The van der Waals surface area contributed by atoms with Crippen LogP contribution in [0.3, 0.4) is 0 Å². The highest BCUT2D eigenvalue weighted by atomic mass is 16.5. The van der Waals surface area contributed by atoms with E-state index in [1.54, 1.807) is 13.8 Å². The van der Waals surface area contributed by atoms with Crippen LogP contribution in [0.5, 0.6) is 0 Å². The van der Waals surface area contributed by atoms with Crippen LogP contribution >= 0.6 is 0 Å². The van der Waals surface area contributed by atoms with Gasteiger partial charge in [-0.25, -0.2) is 4.79 Å². The van der Waals surface area contributed by atoms with Crippen molar-refractivity contribution in [2.75, 3.05) is 6.61 Å². The Labute approximate surface area is 60.3 Å². The summed E-state index contributed by atoms with van der Waals surface area (Å²) in [5.41, 5.74) is 0.347. The largest absolute Gasteiger partial charge is 0.457 e. The zero-order chi connectivity index (χ0) is 8.15. The molecule has 0 bridgehead atoms. The smallest absolute Gasteiger partial charge is 0.333 e. The Morgan fingerprint density at radius 3 is 2.60 bits per heavy atom. The minimum atomic E-state index is -0.457. The molecule has 0 heterocycles. The Hall–Kier alpha value is -0.830. The van der Waals surface area contributed by atoms with E-state index in [0.717, 1.165) is 0 Å². The normalized spacial score (nSPS) is 12.3. The third kappa shape index (κ3) is 3.25. The predicted octanol–water partition coefficient (Wildman–Crippen LogP) is 0.486. The van der Waals surface area contributed by atoms with E-state index in [9.17, 15) is 4.79 Å². The maximum absolute atomic E-state index is 10.7. The van der Waals surface area contributed by atoms with E-state index >= 15 is 0 Å². The summed E-state index contributed by atoms with van der Waals surface area (Å²) in [5.74, 6) is -0.457. The van der Waals surface area contributed by atoms with Crippen LogP contribution in [0.25, 0.3) is 0 Å². The summed E-state index contributed by atoms with van der Waals surface area (Å²) in [4.78, 5) is 10.7. The second-order valence-electron chi connectivity index (χ2n) is 2.18. The lowest BCUT2D eigenvalue weighted by atomic mass is 10.3. The highest BCUT2D eigenvalue weighted by molar-refractivity contribution is 5.87. The fourth-order valence-corrected chi connectivity index (χ4v) is 0.321. The van der Waals surface area contributed by atoms with E-state index in [2.05, 4.69) is 11.3 Å². The minimum Gasteiger partial charge on any atom is -0.457 e.